The highest BCUT2D eigenvalue weighted by Crippen LogP contribution is 2.13. The number of amides is 1. The molecule has 0 saturated carbocycles. The summed E-state index contributed by atoms with van der Waals surface area (Å²) >= 11 is 0. The molecule has 1 N–H and O–H groups in total. The van der Waals surface area contributed by atoms with Crippen molar-refractivity contribution in [1.82, 2.24) is 10.3 Å². The van der Waals surface area contributed by atoms with Gasteiger partial charge >= 0.3 is 0 Å². The minimum absolute atomic E-state index is 0.144. The molecule has 1 atom stereocenters. The van der Waals surface area contributed by atoms with Crippen molar-refractivity contribution in [3.63, 3.8) is 0 Å². The van der Waals surface area contributed by atoms with Gasteiger partial charge in [0.25, 0.3) is 5.91 Å². The number of rotatable bonds is 5. The van der Waals surface area contributed by atoms with Gasteiger partial charge < -0.3 is 10.1 Å². The van der Waals surface area contributed by atoms with E-state index in [0.29, 0.717) is 12.3 Å². The van der Waals surface area contributed by atoms with Crippen molar-refractivity contribution < 1.29 is 9.53 Å². The lowest BCUT2D eigenvalue weighted by Crippen LogP contribution is -2.35. The fourth-order valence-electron chi connectivity index (χ4n) is 1.71. The highest BCUT2D eigenvalue weighted by molar-refractivity contribution is 5.80. The van der Waals surface area contributed by atoms with Crippen LogP contribution in [-0.4, -0.2) is 17.0 Å². The number of hydrogen-bond donors (Lipinski definition) is 1. The number of aromatic nitrogens is 1. The van der Waals surface area contributed by atoms with E-state index in [0.717, 1.165) is 11.1 Å². The van der Waals surface area contributed by atoms with Crippen molar-refractivity contribution in [2.45, 2.75) is 26.5 Å². The molecule has 0 aliphatic carbocycles. The molecule has 1 heterocycles. The van der Waals surface area contributed by atoms with Crippen LogP contribution in [0.25, 0.3) is 0 Å². The van der Waals surface area contributed by atoms with E-state index in [1.54, 1.807) is 19.3 Å². The monoisotopic (exact) mass is 270 g/mol. The molecule has 4 nitrogen and oxygen atoms in total. The molecule has 104 valence electrons. The van der Waals surface area contributed by atoms with Gasteiger partial charge in [0.05, 0.1) is 0 Å². The Bertz CT molecular complexity index is 552. The van der Waals surface area contributed by atoms with Gasteiger partial charge in [0, 0.05) is 18.9 Å². The smallest absolute Gasteiger partial charge is 0.261 e. The Kier molecular flexibility index (Phi) is 4.71. The quantitative estimate of drug-likeness (QED) is 0.908. The summed E-state index contributed by atoms with van der Waals surface area (Å²) in [6.45, 7) is 4.19. The topological polar surface area (TPSA) is 51.2 Å². The second-order valence-corrected chi connectivity index (χ2v) is 4.65. The van der Waals surface area contributed by atoms with Crippen LogP contribution in [0, 0.1) is 6.92 Å². The molecule has 2 rings (SSSR count). The average Bonchev–Trinajstić information content (AvgIpc) is 2.48. The Morgan fingerprint density at radius 1 is 1.30 bits per heavy atom. The molecule has 0 bridgehead atoms. The predicted molar refractivity (Wildman–Crippen MR) is 77.4 cm³/mol. The molecule has 0 spiro atoms. The first-order chi connectivity index (χ1) is 9.65. The molecule has 0 aliphatic rings. The Morgan fingerprint density at radius 2 is 2.05 bits per heavy atom. The number of pyridine rings is 1. The molecule has 4 heteroatoms. The lowest BCUT2D eigenvalue weighted by Gasteiger charge is -2.14. The van der Waals surface area contributed by atoms with Gasteiger partial charge in [0.2, 0.25) is 0 Å². The van der Waals surface area contributed by atoms with Gasteiger partial charge in [-0.3, -0.25) is 9.78 Å². The molecular formula is C16H18N2O2. The predicted octanol–water partition coefficient (Wildman–Crippen LogP) is 2.47. The first-order valence-electron chi connectivity index (χ1n) is 6.55. The maximum Gasteiger partial charge on any atom is 0.261 e. The van der Waals surface area contributed by atoms with E-state index in [2.05, 4.69) is 10.3 Å². The molecule has 0 fully saturated rings. The van der Waals surface area contributed by atoms with E-state index in [1.165, 1.54) is 0 Å². The van der Waals surface area contributed by atoms with Gasteiger partial charge in [0.1, 0.15) is 5.75 Å². The first-order valence-corrected chi connectivity index (χ1v) is 6.55. The SMILES string of the molecule is Cc1ccc(O[C@@H](C)C(=O)NCc2cccnc2)cc1. The summed E-state index contributed by atoms with van der Waals surface area (Å²) in [5, 5.41) is 2.83. The number of benzene rings is 1. The van der Waals surface area contributed by atoms with Crippen LogP contribution in [0.5, 0.6) is 5.75 Å². The van der Waals surface area contributed by atoms with Crippen LogP contribution >= 0.6 is 0 Å². The fraction of sp³-hybridized carbons (Fsp3) is 0.250. The standard InChI is InChI=1S/C16H18N2O2/c1-12-5-7-15(8-6-12)20-13(2)16(19)18-11-14-4-3-9-17-10-14/h3-10,13H,11H2,1-2H3,(H,18,19)/t13-/m0/s1. The van der Waals surface area contributed by atoms with E-state index in [-0.39, 0.29) is 5.91 Å². The van der Waals surface area contributed by atoms with Crippen molar-refractivity contribution in [3.8, 4) is 5.75 Å². The van der Waals surface area contributed by atoms with Gasteiger partial charge in [-0.1, -0.05) is 23.8 Å². The van der Waals surface area contributed by atoms with Crippen LogP contribution in [-0.2, 0) is 11.3 Å². The lowest BCUT2D eigenvalue weighted by molar-refractivity contribution is -0.127. The van der Waals surface area contributed by atoms with Crippen molar-refractivity contribution >= 4 is 5.91 Å². The summed E-state index contributed by atoms with van der Waals surface area (Å²) in [6.07, 6.45) is 2.90. The second-order valence-electron chi connectivity index (χ2n) is 4.65. The van der Waals surface area contributed by atoms with E-state index in [4.69, 9.17) is 4.74 Å². The third-order valence-electron chi connectivity index (χ3n) is 2.89. The van der Waals surface area contributed by atoms with Crippen molar-refractivity contribution in [2.75, 3.05) is 0 Å². The Balaban J connectivity index is 1.84. The van der Waals surface area contributed by atoms with E-state index in [9.17, 15) is 4.79 Å². The van der Waals surface area contributed by atoms with Gasteiger partial charge in [-0.2, -0.15) is 0 Å². The Labute approximate surface area is 118 Å². The highest BCUT2D eigenvalue weighted by atomic mass is 16.5. The number of nitrogens with zero attached hydrogens (tertiary/aromatic N) is 1. The average molecular weight is 270 g/mol. The van der Waals surface area contributed by atoms with E-state index >= 15 is 0 Å². The third-order valence-corrected chi connectivity index (χ3v) is 2.89. The lowest BCUT2D eigenvalue weighted by atomic mass is 10.2. The third kappa shape index (κ3) is 4.09. The minimum Gasteiger partial charge on any atom is -0.481 e. The molecule has 2 aromatic rings. The van der Waals surface area contributed by atoms with Crippen LogP contribution in [0.3, 0.4) is 0 Å². The summed E-state index contributed by atoms with van der Waals surface area (Å²) in [4.78, 5) is 15.9. The van der Waals surface area contributed by atoms with Gasteiger partial charge in [0.15, 0.2) is 6.10 Å². The van der Waals surface area contributed by atoms with E-state index < -0.39 is 6.10 Å². The summed E-state index contributed by atoms with van der Waals surface area (Å²) in [6, 6.07) is 11.4. The number of aryl methyl sites for hydroxylation is 1. The van der Waals surface area contributed by atoms with Crippen LogP contribution < -0.4 is 10.1 Å². The summed E-state index contributed by atoms with van der Waals surface area (Å²) in [5.74, 6) is 0.550. The van der Waals surface area contributed by atoms with Crippen molar-refractivity contribution in [3.05, 3.63) is 59.9 Å². The molecule has 0 saturated heterocycles. The maximum atomic E-state index is 11.9. The van der Waals surface area contributed by atoms with Crippen molar-refractivity contribution in [1.29, 1.82) is 0 Å². The minimum atomic E-state index is -0.533. The summed E-state index contributed by atoms with van der Waals surface area (Å²) in [5.41, 5.74) is 2.12. The molecule has 1 aromatic heterocycles. The summed E-state index contributed by atoms with van der Waals surface area (Å²) < 4.78 is 5.59. The maximum absolute atomic E-state index is 11.9. The van der Waals surface area contributed by atoms with Gasteiger partial charge in [-0.15, -0.1) is 0 Å². The zero-order valence-electron chi connectivity index (χ0n) is 11.7. The molecule has 20 heavy (non-hydrogen) atoms. The van der Waals surface area contributed by atoms with Crippen LogP contribution in [0.1, 0.15) is 18.1 Å². The van der Waals surface area contributed by atoms with Crippen LogP contribution in [0.15, 0.2) is 48.8 Å². The zero-order valence-corrected chi connectivity index (χ0v) is 11.7. The number of hydrogen-bond acceptors (Lipinski definition) is 3. The number of nitrogens with one attached hydrogen (secondary N) is 1. The molecule has 0 radical (unpaired) electrons. The number of carbonyl (C=O) groups excluding carboxylic acids is 1. The molecule has 0 aliphatic heterocycles. The molecular weight excluding hydrogens is 252 g/mol. The van der Waals surface area contributed by atoms with Gasteiger partial charge in [-0.05, 0) is 37.6 Å². The second kappa shape index (κ2) is 6.70. The molecule has 0 unspecified atom stereocenters. The van der Waals surface area contributed by atoms with Crippen LogP contribution in [0.4, 0.5) is 0 Å². The van der Waals surface area contributed by atoms with Crippen LogP contribution in [0.2, 0.25) is 0 Å². The molecule has 1 amide bonds. The Morgan fingerprint density at radius 3 is 2.70 bits per heavy atom. The number of ether oxygens (including phenoxy) is 1. The van der Waals surface area contributed by atoms with Crippen molar-refractivity contribution in [2.24, 2.45) is 0 Å². The Hall–Kier alpha value is -2.36. The fourth-order valence-corrected chi connectivity index (χ4v) is 1.71. The number of carbonyl (C=O) groups is 1. The first kappa shape index (κ1) is 14.1. The van der Waals surface area contributed by atoms with E-state index in [1.807, 2.05) is 43.3 Å². The van der Waals surface area contributed by atoms with Gasteiger partial charge in [-0.25, -0.2) is 0 Å². The molecule has 1 aromatic carbocycles. The normalized spacial score (nSPS) is 11.7. The summed E-state index contributed by atoms with van der Waals surface area (Å²) in [7, 11) is 0. The largest absolute Gasteiger partial charge is 0.481 e. The highest BCUT2D eigenvalue weighted by Gasteiger charge is 2.14. The zero-order chi connectivity index (χ0) is 14.4.